The molecule has 2 heterocycles. The molecule has 3 aromatic rings. The van der Waals surface area contributed by atoms with E-state index in [4.69, 9.17) is 25.5 Å². The molecule has 1 aliphatic rings. The zero-order valence-electron chi connectivity index (χ0n) is 19.6. The van der Waals surface area contributed by atoms with Gasteiger partial charge in [0.25, 0.3) is 5.91 Å². The molecule has 0 radical (unpaired) electrons. The fourth-order valence-corrected chi connectivity index (χ4v) is 3.79. The highest BCUT2D eigenvalue weighted by atomic mass is 35.5. The van der Waals surface area contributed by atoms with Crippen molar-refractivity contribution in [1.29, 1.82) is 0 Å². The molecule has 4 rings (SSSR count). The third-order valence-electron chi connectivity index (χ3n) is 5.19. The Morgan fingerprint density at radius 2 is 1.89 bits per heavy atom. The third-order valence-corrected chi connectivity index (χ3v) is 5.47. The normalized spacial score (nSPS) is 14.2. The standard InChI is InChI=1S/C26H23ClN2O7/c1-3-34-22-13-17(11-19(27)23(22)35-15-16-7-5-4-6-8-16)12-20-24(30)29(26(32)28-20)14-18-9-10-21(36-18)25(31)33-2/h4-13H,3,14-15H2,1-2H3,(H,28,32)/b20-12-. The average Bonchev–Trinajstić information content (AvgIpc) is 3.44. The number of nitrogens with one attached hydrogen (secondary N) is 1. The van der Waals surface area contributed by atoms with E-state index in [2.05, 4.69) is 10.1 Å². The number of benzene rings is 2. The molecular formula is C26H23ClN2O7. The number of hydrogen-bond donors (Lipinski definition) is 1. The topological polar surface area (TPSA) is 107 Å². The van der Waals surface area contributed by atoms with E-state index in [-0.39, 0.29) is 23.8 Å². The number of furan rings is 1. The number of carbonyl (C=O) groups excluding carboxylic acids is 3. The minimum absolute atomic E-state index is 0.0250. The molecule has 1 saturated heterocycles. The van der Waals surface area contributed by atoms with Crippen LogP contribution in [0.5, 0.6) is 11.5 Å². The molecule has 0 bridgehead atoms. The van der Waals surface area contributed by atoms with Gasteiger partial charge in [0.2, 0.25) is 5.76 Å². The summed E-state index contributed by atoms with van der Waals surface area (Å²) in [6.07, 6.45) is 1.50. The van der Waals surface area contributed by atoms with Crippen molar-refractivity contribution < 1.29 is 33.0 Å². The smallest absolute Gasteiger partial charge is 0.373 e. The van der Waals surface area contributed by atoms with E-state index in [0.717, 1.165) is 10.5 Å². The fraction of sp³-hybridized carbons (Fsp3) is 0.192. The number of amides is 3. The van der Waals surface area contributed by atoms with Crippen molar-refractivity contribution in [1.82, 2.24) is 10.2 Å². The molecule has 0 saturated carbocycles. The predicted molar refractivity (Wildman–Crippen MR) is 131 cm³/mol. The van der Waals surface area contributed by atoms with Gasteiger partial charge in [-0.15, -0.1) is 0 Å². The van der Waals surface area contributed by atoms with E-state index in [0.29, 0.717) is 35.3 Å². The Balaban J connectivity index is 1.53. The molecule has 0 atom stereocenters. The second kappa shape index (κ2) is 11.0. The van der Waals surface area contributed by atoms with Gasteiger partial charge < -0.3 is 23.9 Å². The van der Waals surface area contributed by atoms with E-state index < -0.39 is 17.9 Å². The van der Waals surface area contributed by atoms with Crippen molar-refractivity contribution >= 4 is 35.6 Å². The lowest BCUT2D eigenvalue weighted by atomic mass is 10.1. The van der Waals surface area contributed by atoms with Gasteiger partial charge >= 0.3 is 12.0 Å². The molecule has 10 heteroatoms. The molecule has 1 aliphatic heterocycles. The van der Waals surface area contributed by atoms with Crippen LogP contribution < -0.4 is 14.8 Å². The Labute approximate surface area is 212 Å². The molecule has 1 N–H and O–H groups in total. The molecule has 186 valence electrons. The van der Waals surface area contributed by atoms with E-state index in [1.54, 1.807) is 12.1 Å². The number of nitrogens with zero attached hydrogens (tertiary/aromatic N) is 1. The summed E-state index contributed by atoms with van der Waals surface area (Å²) in [6, 6.07) is 15.2. The summed E-state index contributed by atoms with van der Waals surface area (Å²) in [4.78, 5) is 37.9. The first-order chi connectivity index (χ1) is 17.4. The SMILES string of the molecule is CCOc1cc(/C=C2\NC(=O)N(Cc3ccc(C(=O)OC)o3)C2=O)cc(Cl)c1OCc1ccccc1. The highest BCUT2D eigenvalue weighted by molar-refractivity contribution is 6.32. The highest BCUT2D eigenvalue weighted by Gasteiger charge is 2.34. The maximum absolute atomic E-state index is 12.9. The van der Waals surface area contributed by atoms with Crippen molar-refractivity contribution in [3.05, 3.63) is 88.0 Å². The Bertz CT molecular complexity index is 1320. The van der Waals surface area contributed by atoms with Crippen LogP contribution in [0, 0.1) is 0 Å². The molecule has 0 aliphatic carbocycles. The Morgan fingerprint density at radius 3 is 2.61 bits per heavy atom. The lowest BCUT2D eigenvalue weighted by Crippen LogP contribution is -2.30. The quantitative estimate of drug-likeness (QED) is 0.250. The molecule has 9 nitrogen and oxygen atoms in total. The zero-order chi connectivity index (χ0) is 25.7. The molecule has 0 spiro atoms. The van der Waals surface area contributed by atoms with E-state index in [9.17, 15) is 14.4 Å². The number of esters is 1. The molecular weight excluding hydrogens is 488 g/mol. The summed E-state index contributed by atoms with van der Waals surface area (Å²) in [6.45, 7) is 2.35. The fourth-order valence-electron chi connectivity index (χ4n) is 3.51. The highest BCUT2D eigenvalue weighted by Crippen LogP contribution is 2.38. The van der Waals surface area contributed by atoms with Gasteiger partial charge in [0.05, 0.1) is 25.3 Å². The number of ether oxygens (including phenoxy) is 3. The lowest BCUT2D eigenvalue weighted by Gasteiger charge is -2.15. The van der Waals surface area contributed by atoms with Crippen LogP contribution in [0.3, 0.4) is 0 Å². The number of imide groups is 1. The van der Waals surface area contributed by atoms with Crippen LogP contribution in [0.25, 0.3) is 6.08 Å². The number of urea groups is 1. The van der Waals surface area contributed by atoms with Crippen LogP contribution in [0.2, 0.25) is 5.02 Å². The first-order valence-electron chi connectivity index (χ1n) is 11.0. The number of carbonyl (C=O) groups is 3. The van der Waals surface area contributed by atoms with Gasteiger partial charge in [0, 0.05) is 0 Å². The molecule has 3 amide bonds. The maximum atomic E-state index is 12.9. The molecule has 36 heavy (non-hydrogen) atoms. The monoisotopic (exact) mass is 510 g/mol. The van der Waals surface area contributed by atoms with Crippen molar-refractivity contribution in [3.8, 4) is 11.5 Å². The third kappa shape index (κ3) is 5.52. The summed E-state index contributed by atoms with van der Waals surface area (Å²) in [5.74, 6) is -0.198. The van der Waals surface area contributed by atoms with Crippen LogP contribution in [0.1, 0.15) is 34.4 Å². The maximum Gasteiger partial charge on any atom is 0.373 e. The van der Waals surface area contributed by atoms with Gasteiger partial charge in [0.15, 0.2) is 11.5 Å². The number of methoxy groups -OCH3 is 1. The van der Waals surface area contributed by atoms with E-state index in [1.165, 1.54) is 25.3 Å². The van der Waals surface area contributed by atoms with Gasteiger partial charge in [-0.1, -0.05) is 41.9 Å². The lowest BCUT2D eigenvalue weighted by molar-refractivity contribution is -0.123. The number of hydrogen-bond acceptors (Lipinski definition) is 7. The van der Waals surface area contributed by atoms with Crippen LogP contribution in [0.4, 0.5) is 4.79 Å². The zero-order valence-corrected chi connectivity index (χ0v) is 20.3. The van der Waals surface area contributed by atoms with E-state index >= 15 is 0 Å². The van der Waals surface area contributed by atoms with Crippen LogP contribution >= 0.6 is 11.6 Å². The van der Waals surface area contributed by atoms with Gasteiger partial charge in [-0.05, 0) is 48.4 Å². The van der Waals surface area contributed by atoms with Crippen LogP contribution in [0.15, 0.2) is 64.7 Å². The molecule has 2 aromatic carbocycles. The second-order valence-electron chi connectivity index (χ2n) is 7.67. The Hall–Kier alpha value is -4.24. The van der Waals surface area contributed by atoms with Crippen LogP contribution in [-0.4, -0.2) is 36.5 Å². The van der Waals surface area contributed by atoms with Crippen molar-refractivity contribution in [2.24, 2.45) is 0 Å². The minimum Gasteiger partial charge on any atom is -0.490 e. The van der Waals surface area contributed by atoms with Crippen molar-refractivity contribution in [2.45, 2.75) is 20.1 Å². The minimum atomic E-state index is -0.655. The Kier molecular flexibility index (Phi) is 7.60. The summed E-state index contributed by atoms with van der Waals surface area (Å²) >= 11 is 6.50. The predicted octanol–water partition coefficient (Wildman–Crippen LogP) is 4.79. The van der Waals surface area contributed by atoms with Gasteiger partial charge in [0.1, 0.15) is 18.1 Å². The van der Waals surface area contributed by atoms with E-state index in [1.807, 2.05) is 37.3 Å². The average molecular weight is 511 g/mol. The van der Waals surface area contributed by atoms with Gasteiger partial charge in [-0.3, -0.25) is 9.69 Å². The molecule has 1 aromatic heterocycles. The first-order valence-corrected chi connectivity index (χ1v) is 11.4. The summed E-state index contributed by atoms with van der Waals surface area (Å²) in [5.41, 5.74) is 1.56. The summed E-state index contributed by atoms with van der Waals surface area (Å²) in [7, 11) is 1.23. The van der Waals surface area contributed by atoms with Crippen LogP contribution in [-0.2, 0) is 22.7 Å². The van der Waals surface area contributed by atoms with Gasteiger partial charge in [-0.25, -0.2) is 9.59 Å². The summed E-state index contributed by atoms with van der Waals surface area (Å²) < 4.78 is 21.6. The van der Waals surface area contributed by atoms with Crippen molar-refractivity contribution in [3.63, 3.8) is 0 Å². The molecule has 0 unspecified atom stereocenters. The number of rotatable bonds is 9. The van der Waals surface area contributed by atoms with Crippen molar-refractivity contribution in [2.75, 3.05) is 13.7 Å². The number of halogens is 1. The summed E-state index contributed by atoms with van der Waals surface area (Å²) in [5, 5.41) is 2.84. The Morgan fingerprint density at radius 1 is 1.11 bits per heavy atom. The first kappa shape index (κ1) is 24.9. The second-order valence-corrected chi connectivity index (χ2v) is 8.08. The van der Waals surface area contributed by atoms with Gasteiger partial charge in [-0.2, -0.15) is 0 Å². The molecule has 1 fully saturated rings. The largest absolute Gasteiger partial charge is 0.490 e.